The van der Waals surface area contributed by atoms with Gasteiger partial charge in [-0.15, -0.1) is 0 Å². The Balaban J connectivity index is 1.93. The molecule has 25 heavy (non-hydrogen) atoms. The lowest BCUT2D eigenvalue weighted by atomic mass is 10.2. The zero-order valence-corrected chi connectivity index (χ0v) is 15.2. The first-order valence-electron chi connectivity index (χ1n) is 7.42. The third-order valence-corrected chi connectivity index (χ3v) is 5.39. The molecular formula is C16H15N3O4S2. The van der Waals surface area contributed by atoms with E-state index >= 15 is 0 Å². The Bertz CT molecular complexity index is 1000. The molecule has 0 bridgehead atoms. The van der Waals surface area contributed by atoms with Crippen LogP contribution in [0.15, 0.2) is 27.9 Å². The van der Waals surface area contributed by atoms with E-state index in [0.29, 0.717) is 9.23 Å². The minimum atomic E-state index is -0.978. The van der Waals surface area contributed by atoms with Gasteiger partial charge in [0.1, 0.15) is 4.32 Å². The molecule has 7 nitrogen and oxygen atoms in total. The normalized spacial score (nSPS) is 16.4. The van der Waals surface area contributed by atoms with Gasteiger partial charge in [-0.05, 0) is 23.8 Å². The number of carboxylic acids is 1. The van der Waals surface area contributed by atoms with E-state index in [9.17, 15) is 14.4 Å². The second-order valence-corrected chi connectivity index (χ2v) is 7.30. The fourth-order valence-corrected chi connectivity index (χ4v) is 3.97. The van der Waals surface area contributed by atoms with Gasteiger partial charge in [0.25, 0.3) is 5.91 Å². The SMILES string of the molecule is Cn1c(=O)n(C)c2cc(/C=C3/SC(=S)N(CCC(=O)O)C3=O)ccc21. The first-order valence-corrected chi connectivity index (χ1v) is 8.64. The molecule has 0 unspecified atom stereocenters. The van der Waals surface area contributed by atoms with Crippen LogP contribution in [-0.2, 0) is 23.7 Å². The highest BCUT2D eigenvalue weighted by Crippen LogP contribution is 2.33. The van der Waals surface area contributed by atoms with Crippen LogP contribution in [0.2, 0.25) is 0 Å². The van der Waals surface area contributed by atoms with Crippen LogP contribution in [0.1, 0.15) is 12.0 Å². The van der Waals surface area contributed by atoms with Crippen molar-refractivity contribution in [3.8, 4) is 0 Å². The fraction of sp³-hybridized carbons (Fsp3) is 0.250. The first-order chi connectivity index (χ1) is 11.8. The number of hydrogen-bond donors (Lipinski definition) is 1. The number of amides is 1. The number of nitrogens with zero attached hydrogens (tertiary/aromatic N) is 3. The van der Waals surface area contributed by atoms with Gasteiger partial charge in [-0.1, -0.05) is 30.0 Å². The van der Waals surface area contributed by atoms with Gasteiger partial charge in [0.05, 0.1) is 22.4 Å². The molecular weight excluding hydrogens is 362 g/mol. The van der Waals surface area contributed by atoms with Gasteiger partial charge >= 0.3 is 11.7 Å². The Morgan fingerprint density at radius 2 is 1.92 bits per heavy atom. The second-order valence-electron chi connectivity index (χ2n) is 5.63. The molecule has 1 fully saturated rings. The standard InChI is InChI=1S/C16H15N3O4S2/c1-17-10-4-3-9(7-11(10)18(2)15(17)23)8-12-14(22)19(16(24)25-12)6-5-13(20)21/h3-4,7-8H,5-6H2,1-2H3,(H,20,21)/b12-8+. The lowest BCUT2D eigenvalue weighted by Crippen LogP contribution is -2.30. The number of carboxylic acid groups (broad SMARTS) is 1. The van der Waals surface area contributed by atoms with Crippen molar-refractivity contribution in [2.24, 2.45) is 14.1 Å². The fourth-order valence-electron chi connectivity index (χ4n) is 2.67. The van der Waals surface area contributed by atoms with Crippen LogP contribution in [0, 0.1) is 0 Å². The average Bonchev–Trinajstić information content (AvgIpc) is 2.95. The van der Waals surface area contributed by atoms with E-state index in [-0.39, 0.29) is 24.6 Å². The molecule has 0 atom stereocenters. The number of thiocarbonyl (C=S) groups is 1. The van der Waals surface area contributed by atoms with Crippen LogP contribution in [0.5, 0.6) is 0 Å². The molecule has 130 valence electrons. The van der Waals surface area contributed by atoms with Gasteiger partial charge < -0.3 is 5.11 Å². The number of aliphatic carboxylic acids is 1. The predicted octanol–water partition coefficient (Wildman–Crippen LogP) is 1.55. The lowest BCUT2D eigenvalue weighted by molar-refractivity contribution is -0.137. The van der Waals surface area contributed by atoms with Gasteiger partial charge in [0.2, 0.25) is 0 Å². The van der Waals surface area contributed by atoms with Crippen molar-refractivity contribution >= 4 is 57.3 Å². The Hall–Kier alpha value is -2.39. The third kappa shape index (κ3) is 3.12. The molecule has 0 saturated carbocycles. The number of aryl methyl sites for hydroxylation is 2. The number of hydrogen-bond acceptors (Lipinski definition) is 5. The minimum Gasteiger partial charge on any atom is -0.481 e. The molecule has 1 amide bonds. The van der Waals surface area contributed by atoms with Crippen molar-refractivity contribution in [3.63, 3.8) is 0 Å². The molecule has 0 radical (unpaired) electrons. The van der Waals surface area contributed by atoms with Crippen LogP contribution < -0.4 is 5.69 Å². The highest BCUT2D eigenvalue weighted by molar-refractivity contribution is 8.26. The van der Waals surface area contributed by atoms with E-state index in [4.69, 9.17) is 17.3 Å². The molecule has 1 aliphatic rings. The topological polar surface area (TPSA) is 84.5 Å². The Kier molecular flexibility index (Phi) is 4.53. The molecule has 1 aromatic carbocycles. The molecule has 0 spiro atoms. The van der Waals surface area contributed by atoms with Crippen molar-refractivity contribution < 1.29 is 14.7 Å². The molecule has 9 heteroatoms. The van der Waals surface area contributed by atoms with Crippen LogP contribution >= 0.6 is 24.0 Å². The van der Waals surface area contributed by atoms with Crippen molar-refractivity contribution in [1.82, 2.24) is 14.0 Å². The van der Waals surface area contributed by atoms with E-state index in [0.717, 1.165) is 28.4 Å². The summed E-state index contributed by atoms with van der Waals surface area (Å²) in [6.45, 7) is 0.0591. The Labute approximate surface area is 152 Å². The Morgan fingerprint density at radius 3 is 2.60 bits per heavy atom. The average molecular weight is 377 g/mol. The Morgan fingerprint density at radius 1 is 1.24 bits per heavy atom. The third-order valence-electron chi connectivity index (χ3n) is 4.02. The zero-order valence-electron chi connectivity index (χ0n) is 13.6. The maximum atomic E-state index is 12.4. The predicted molar refractivity (Wildman–Crippen MR) is 100 cm³/mol. The maximum absolute atomic E-state index is 12.4. The van der Waals surface area contributed by atoms with E-state index in [1.54, 1.807) is 29.3 Å². The van der Waals surface area contributed by atoms with Gasteiger partial charge in [0.15, 0.2) is 0 Å². The van der Waals surface area contributed by atoms with Crippen LogP contribution in [-0.4, -0.2) is 41.9 Å². The molecule has 1 aliphatic heterocycles. The van der Waals surface area contributed by atoms with Crippen molar-refractivity contribution in [2.75, 3.05) is 6.54 Å². The monoisotopic (exact) mass is 377 g/mol. The van der Waals surface area contributed by atoms with Gasteiger partial charge in [0, 0.05) is 20.6 Å². The van der Waals surface area contributed by atoms with Crippen LogP contribution in [0.3, 0.4) is 0 Å². The second kappa shape index (κ2) is 6.49. The number of benzene rings is 1. The summed E-state index contributed by atoms with van der Waals surface area (Å²) < 4.78 is 3.46. The maximum Gasteiger partial charge on any atom is 0.328 e. The summed E-state index contributed by atoms with van der Waals surface area (Å²) in [4.78, 5) is 36.8. The first kappa shape index (κ1) is 17.4. The van der Waals surface area contributed by atoms with E-state index in [2.05, 4.69) is 0 Å². The summed E-state index contributed by atoms with van der Waals surface area (Å²) in [5, 5.41) is 8.77. The molecule has 1 saturated heterocycles. The molecule has 1 aromatic heterocycles. The number of carbonyl (C=O) groups is 2. The molecule has 0 aliphatic carbocycles. The van der Waals surface area contributed by atoms with Crippen LogP contribution in [0.25, 0.3) is 17.1 Å². The summed E-state index contributed by atoms with van der Waals surface area (Å²) in [6, 6.07) is 5.49. The van der Waals surface area contributed by atoms with Gasteiger partial charge in [-0.2, -0.15) is 0 Å². The van der Waals surface area contributed by atoms with Gasteiger partial charge in [-0.25, -0.2) is 4.79 Å². The summed E-state index contributed by atoms with van der Waals surface area (Å²) in [5.74, 6) is -1.27. The molecule has 1 N–H and O–H groups in total. The van der Waals surface area contributed by atoms with Crippen molar-refractivity contribution in [3.05, 3.63) is 39.2 Å². The number of imidazole rings is 1. The minimum absolute atomic E-state index is 0.0591. The van der Waals surface area contributed by atoms with Crippen molar-refractivity contribution in [2.45, 2.75) is 6.42 Å². The van der Waals surface area contributed by atoms with E-state index in [1.165, 1.54) is 4.90 Å². The van der Waals surface area contributed by atoms with E-state index < -0.39 is 5.97 Å². The van der Waals surface area contributed by atoms with Gasteiger partial charge in [-0.3, -0.25) is 23.6 Å². The number of carbonyl (C=O) groups excluding carboxylic acids is 1. The summed E-state index contributed by atoms with van der Waals surface area (Å²) >= 11 is 6.32. The smallest absolute Gasteiger partial charge is 0.328 e. The summed E-state index contributed by atoms with van der Waals surface area (Å²) in [5.41, 5.74) is 2.22. The lowest BCUT2D eigenvalue weighted by Gasteiger charge is -2.12. The summed E-state index contributed by atoms with van der Waals surface area (Å²) in [7, 11) is 3.40. The quantitative estimate of drug-likeness (QED) is 0.643. The number of rotatable bonds is 4. The number of aromatic nitrogens is 2. The largest absolute Gasteiger partial charge is 0.481 e. The summed E-state index contributed by atoms with van der Waals surface area (Å²) in [6.07, 6.45) is 1.55. The number of thioether (sulfide) groups is 1. The highest BCUT2D eigenvalue weighted by atomic mass is 32.2. The highest BCUT2D eigenvalue weighted by Gasteiger charge is 2.32. The van der Waals surface area contributed by atoms with Crippen LogP contribution in [0.4, 0.5) is 0 Å². The zero-order chi connectivity index (χ0) is 18.3. The van der Waals surface area contributed by atoms with Crippen molar-refractivity contribution in [1.29, 1.82) is 0 Å². The number of fused-ring (bicyclic) bond motifs is 1. The van der Waals surface area contributed by atoms with E-state index in [1.807, 2.05) is 18.2 Å². The molecule has 2 aromatic rings. The molecule has 3 rings (SSSR count). The molecule has 2 heterocycles.